The van der Waals surface area contributed by atoms with E-state index in [4.69, 9.17) is 21.3 Å². The van der Waals surface area contributed by atoms with Crippen molar-refractivity contribution >= 4 is 61.7 Å². The summed E-state index contributed by atoms with van der Waals surface area (Å²) in [4.78, 5) is 19.3. The Morgan fingerprint density at radius 1 is 1.06 bits per heavy atom. The lowest BCUT2D eigenvalue weighted by molar-refractivity contribution is 0.102. The van der Waals surface area contributed by atoms with E-state index in [1.807, 2.05) is 79.0 Å². The molecule has 1 amide bonds. The zero-order chi connectivity index (χ0) is 24.9. The highest BCUT2D eigenvalue weighted by Crippen LogP contribution is 2.40. The molecule has 0 saturated heterocycles. The van der Waals surface area contributed by atoms with Crippen LogP contribution in [-0.4, -0.2) is 12.1 Å². The third-order valence-electron chi connectivity index (χ3n) is 5.98. The second-order valence-corrected chi connectivity index (χ2v) is 11.0. The highest BCUT2D eigenvalue weighted by atomic mass is 79.9. The van der Waals surface area contributed by atoms with Crippen LogP contribution in [0.3, 0.4) is 0 Å². The number of nitrogens with zero attached hydrogens (tertiary/aromatic N) is 1. The molecule has 3 aromatic carbocycles. The first-order valence-electron chi connectivity index (χ1n) is 11.8. The first-order valence-corrected chi connectivity index (χ1v) is 13.8. The Balaban J connectivity index is 1.35. The molecule has 182 valence electrons. The van der Waals surface area contributed by atoms with E-state index in [0.29, 0.717) is 17.2 Å². The summed E-state index contributed by atoms with van der Waals surface area (Å²) in [7, 11) is 0. The summed E-state index contributed by atoms with van der Waals surface area (Å²) >= 11 is 11.3. The number of thiophene rings is 1. The fourth-order valence-corrected chi connectivity index (χ4v) is 6.18. The highest BCUT2D eigenvalue weighted by molar-refractivity contribution is 9.10. The molecule has 0 radical (unpaired) electrons. The minimum atomic E-state index is -0.0984. The molecule has 1 aliphatic carbocycles. The van der Waals surface area contributed by atoms with Gasteiger partial charge in [0.1, 0.15) is 17.4 Å². The van der Waals surface area contributed by atoms with E-state index in [1.165, 1.54) is 4.88 Å². The maximum Gasteiger partial charge on any atom is 0.259 e. The second kappa shape index (κ2) is 11.4. The third kappa shape index (κ3) is 5.89. The minimum absolute atomic E-state index is 0.0984. The van der Waals surface area contributed by atoms with E-state index < -0.39 is 0 Å². The standard InChI is InChI=1S/C29H24BrClN2O2S/c30-24-16-19(13-14-25(24)35-18-20-7-6-8-21(31)15-20)17-32-29-27(23-11-4-5-12-26(23)36-29)28(34)33-22-9-2-1-3-10-22/h1-3,6-10,13-17H,4-5,11-12,18H2,(H,33,34). The number of ether oxygens (including phenoxy) is 1. The Morgan fingerprint density at radius 2 is 1.89 bits per heavy atom. The van der Waals surface area contributed by atoms with Crippen molar-refractivity contribution < 1.29 is 9.53 Å². The highest BCUT2D eigenvalue weighted by Gasteiger charge is 2.25. The summed E-state index contributed by atoms with van der Waals surface area (Å²) in [6.45, 7) is 0.424. The molecule has 0 spiro atoms. The lowest BCUT2D eigenvalue weighted by Gasteiger charge is -2.12. The van der Waals surface area contributed by atoms with Gasteiger partial charge in [0.2, 0.25) is 0 Å². The number of aryl methyl sites for hydroxylation is 1. The summed E-state index contributed by atoms with van der Waals surface area (Å²) in [5, 5.41) is 4.49. The van der Waals surface area contributed by atoms with Crippen molar-refractivity contribution in [3.63, 3.8) is 0 Å². The number of rotatable bonds is 7. The van der Waals surface area contributed by atoms with Gasteiger partial charge in [-0.3, -0.25) is 4.79 Å². The van der Waals surface area contributed by atoms with E-state index in [0.717, 1.165) is 63.3 Å². The number of aliphatic imine (C=N–C) groups is 1. The Morgan fingerprint density at radius 3 is 2.69 bits per heavy atom. The van der Waals surface area contributed by atoms with Crippen LogP contribution in [0.15, 0.2) is 82.3 Å². The van der Waals surface area contributed by atoms with Crippen LogP contribution in [0.4, 0.5) is 10.7 Å². The van der Waals surface area contributed by atoms with Gasteiger partial charge in [0.25, 0.3) is 5.91 Å². The van der Waals surface area contributed by atoms with Crippen LogP contribution in [0.2, 0.25) is 5.02 Å². The van der Waals surface area contributed by atoms with Gasteiger partial charge in [-0.2, -0.15) is 0 Å². The molecule has 1 aromatic heterocycles. The van der Waals surface area contributed by atoms with Gasteiger partial charge in [-0.15, -0.1) is 11.3 Å². The van der Waals surface area contributed by atoms with Crippen LogP contribution in [0.5, 0.6) is 5.75 Å². The minimum Gasteiger partial charge on any atom is -0.488 e. The van der Waals surface area contributed by atoms with Gasteiger partial charge in [0.05, 0.1) is 10.0 Å². The largest absolute Gasteiger partial charge is 0.488 e. The van der Waals surface area contributed by atoms with Gasteiger partial charge in [0.15, 0.2) is 0 Å². The number of nitrogens with one attached hydrogen (secondary N) is 1. The first kappa shape index (κ1) is 24.8. The molecule has 0 unspecified atom stereocenters. The molecular formula is C29H24BrClN2O2S. The average Bonchev–Trinajstić information content (AvgIpc) is 3.26. The molecule has 0 bridgehead atoms. The van der Waals surface area contributed by atoms with Crippen LogP contribution in [0.1, 0.15) is 44.8 Å². The fourth-order valence-electron chi connectivity index (χ4n) is 4.23. The number of amides is 1. The van der Waals surface area contributed by atoms with Gasteiger partial charge in [-0.1, -0.05) is 41.9 Å². The average molecular weight is 580 g/mol. The monoisotopic (exact) mass is 578 g/mol. The second-order valence-electron chi connectivity index (χ2n) is 8.58. The topological polar surface area (TPSA) is 50.7 Å². The Kier molecular flexibility index (Phi) is 7.85. The Hall–Kier alpha value is -2.93. The normalized spacial score (nSPS) is 12.9. The summed E-state index contributed by atoms with van der Waals surface area (Å²) < 4.78 is 6.79. The van der Waals surface area contributed by atoms with Gasteiger partial charge >= 0.3 is 0 Å². The molecule has 4 aromatic rings. The molecule has 1 heterocycles. The van der Waals surface area contributed by atoms with Gasteiger partial charge < -0.3 is 10.1 Å². The zero-order valence-corrected chi connectivity index (χ0v) is 22.6. The quantitative estimate of drug-likeness (QED) is 0.223. The summed E-state index contributed by atoms with van der Waals surface area (Å²) in [6, 6.07) is 23.0. The molecule has 7 heteroatoms. The van der Waals surface area contributed by atoms with Gasteiger partial charge in [0, 0.05) is 21.8 Å². The van der Waals surface area contributed by atoms with Crippen LogP contribution in [0.25, 0.3) is 0 Å². The number of hydrogen-bond acceptors (Lipinski definition) is 4. The molecule has 4 nitrogen and oxygen atoms in total. The summed E-state index contributed by atoms with van der Waals surface area (Å²) in [5.74, 6) is 0.639. The molecule has 1 N–H and O–H groups in total. The molecule has 0 aliphatic heterocycles. The van der Waals surface area contributed by atoms with Crippen LogP contribution in [0, 0.1) is 0 Å². The lowest BCUT2D eigenvalue weighted by atomic mass is 9.95. The smallest absolute Gasteiger partial charge is 0.259 e. The van der Waals surface area contributed by atoms with Gasteiger partial charge in [-0.25, -0.2) is 4.99 Å². The maximum absolute atomic E-state index is 13.3. The van der Waals surface area contributed by atoms with Crippen molar-refractivity contribution in [1.82, 2.24) is 0 Å². The van der Waals surface area contributed by atoms with Crippen molar-refractivity contribution in [2.75, 3.05) is 5.32 Å². The number of hydrogen-bond donors (Lipinski definition) is 1. The number of fused-ring (bicyclic) bond motifs is 1. The summed E-state index contributed by atoms with van der Waals surface area (Å²) in [6.07, 6.45) is 5.98. The Bertz CT molecular complexity index is 1420. The van der Waals surface area contributed by atoms with E-state index in [1.54, 1.807) is 11.3 Å². The summed E-state index contributed by atoms with van der Waals surface area (Å²) in [5.41, 5.74) is 4.55. The van der Waals surface area contributed by atoms with Gasteiger partial charge in [-0.05, 0) is 101 Å². The predicted molar refractivity (Wildman–Crippen MR) is 153 cm³/mol. The molecular weight excluding hydrogens is 556 g/mol. The van der Waals surface area contributed by atoms with Crippen LogP contribution < -0.4 is 10.1 Å². The van der Waals surface area contributed by atoms with Crippen LogP contribution in [-0.2, 0) is 19.4 Å². The van der Waals surface area contributed by atoms with Crippen molar-refractivity contribution in [2.24, 2.45) is 4.99 Å². The number of anilines is 1. The number of halogens is 2. The Labute approximate surface area is 228 Å². The predicted octanol–water partition coefficient (Wildman–Crippen LogP) is 8.62. The molecule has 5 rings (SSSR count). The van der Waals surface area contributed by atoms with Crippen molar-refractivity contribution in [2.45, 2.75) is 32.3 Å². The molecule has 0 fully saturated rings. The molecule has 1 aliphatic rings. The van der Waals surface area contributed by atoms with Crippen LogP contribution >= 0.6 is 38.9 Å². The third-order valence-corrected chi connectivity index (χ3v) is 8.04. The molecule has 0 saturated carbocycles. The lowest BCUT2D eigenvalue weighted by Crippen LogP contribution is -2.14. The SMILES string of the molecule is O=C(Nc1ccccc1)c1c(N=Cc2ccc(OCc3cccc(Cl)c3)c(Br)c2)sc2c1CCCC2. The fraction of sp³-hybridized carbons (Fsp3) is 0.172. The number of carbonyl (C=O) groups is 1. The number of carbonyl (C=O) groups excluding carboxylic acids is 1. The maximum atomic E-state index is 13.3. The van der Waals surface area contributed by atoms with E-state index >= 15 is 0 Å². The molecule has 36 heavy (non-hydrogen) atoms. The number of para-hydroxylation sites is 1. The van der Waals surface area contributed by atoms with E-state index in [9.17, 15) is 4.79 Å². The zero-order valence-electron chi connectivity index (χ0n) is 19.5. The van der Waals surface area contributed by atoms with Crippen molar-refractivity contribution in [3.8, 4) is 5.75 Å². The van der Waals surface area contributed by atoms with Crippen molar-refractivity contribution in [3.05, 3.63) is 109 Å². The van der Waals surface area contributed by atoms with Crippen molar-refractivity contribution in [1.29, 1.82) is 0 Å². The first-order chi connectivity index (χ1) is 17.6. The van der Waals surface area contributed by atoms with E-state index in [-0.39, 0.29) is 5.91 Å². The number of benzene rings is 3. The van der Waals surface area contributed by atoms with E-state index in [2.05, 4.69) is 21.2 Å². The molecule has 0 atom stereocenters.